The van der Waals surface area contributed by atoms with Crippen LogP contribution in [0.25, 0.3) is 0 Å². The van der Waals surface area contributed by atoms with Crippen molar-refractivity contribution in [1.82, 2.24) is 4.90 Å². The number of halogens is 1. The van der Waals surface area contributed by atoms with Gasteiger partial charge in [0.1, 0.15) is 5.82 Å². The number of hydrogen-bond acceptors (Lipinski definition) is 2. The monoisotopic (exact) mass is 278 g/mol. The van der Waals surface area contributed by atoms with Gasteiger partial charge >= 0.3 is 0 Å². The average molecular weight is 278 g/mol. The molecule has 2 N–H and O–H groups in total. The summed E-state index contributed by atoms with van der Waals surface area (Å²) < 4.78 is 13.6. The van der Waals surface area contributed by atoms with Gasteiger partial charge in [0.2, 0.25) is 0 Å². The predicted octanol–water partition coefficient (Wildman–Crippen LogP) is 3.79. The third kappa shape index (κ3) is 3.39. The zero-order chi connectivity index (χ0) is 14.8. The van der Waals surface area contributed by atoms with Crippen molar-refractivity contribution in [3.8, 4) is 0 Å². The summed E-state index contributed by atoms with van der Waals surface area (Å²) in [6.45, 7) is 8.47. The number of aryl methyl sites for hydroxylation is 1. The maximum Gasteiger partial charge on any atom is 0.123 e. The maximum atomic E-state index is 13.6. The average Bonchev–Trinajstić information content (AvgIpc) is 2.65. The van der Waals surface area contributed by atoms with Crippen LogP contribution in [0.5, 0.6) is 0 Å². The van der Waals surface area contributed by atoms with E-state index in [2.05, 4.69) is 18.7 Å². The molecule has 1 saturated heterocycles. The van der Waals surface area contributed by atoms with E-state index in [1.807, 2.05) is 13.0 Å². The van der Waals surface area contributed by atoms with Crippen LogP contribution in [0.2, 0.25) is 0 Å². The van der Waals surface area contributed by atoms with Crippen LogP contribution in [0.3, 0.4) is 0 Å². The predicted molar refractivity (Wildman–Crippen MR) is 82.2 cm³/mol. The van der Waals surface area contributed by atoms with Crippen LogP contribution in [0.4, 0.5) is 4.39 Å². The molecular weight excluding hydrogens is 251 g/mol. The van der Waals surface area contributed by atoms with E-state index in [-0.39, 0.29) is 17.4 Å². The van der Waals surface area contributed by atoms with Gasteiger partial charge in [-0.2, -0.15) is 0 Å². The quantitative estimate of drug-likeness (QED) is 0.911. The molecule has 0 spiro atoms. The molecule has 20 heavy (non-hydrogen) atoms. The molecule has 112 valence electrons. The molecule has 1 atom stereocenters. The summed E-state index contributed by atoms with van der Waals surface area (Å²) >= 11 is 0. The molecule has 0 radical (unpaired) electrons. The first-order valence-corrected chi connectivity index (χ1v) is 7.69. The number of rotatable bonds is 3. The topological polar surface area (TPSA) is 29.3 Å². The first-order valence-electron chi connectivity index (χ1n) is 7.69. The van der Waals surface area contributed by atoms with Crippen LogP contribution in [0.1, 0.15) is 56.7 Å². The maximum absolute atomic E-state index is 13.6. The second-order valence-corrected chi connectivity index (χ2v) is 6.59. The summed E-state index contributed by atoms with van der Waals surface area (Å²) in [6.07, 6.45) is 5.08. The first-order chi connectivity index (χ1) is 9.41. The van der Waals surface area contributed by atoms with Crippen molar-refractivity contribution in [3.05, 3.63) is 35.1 Å². The largest absolute Gasteiger partial charge is 0.322 e. The van der Waals surface area contributed by atoms with Crippen LogP contribution >= 0.6 is 0 Å². The van der Waals surface area contributed by atoms with E-state index in [4.69, 9.17) is 5.73 Å². The highest BCUT2D eigenvalue weighted by molar-refractivity contribution is 5.28. The smallest absolute Gasteiger partial charge is 0.123 e. The van der Waals surface area contributed by atoms with Crippen LogP contribution < -0.4 is 5.73 Å². The molecule has 1 unspecified atom stereocenters. The minimum Gasteiger partial charge on any atom is -0.322 e. The normalized spacial score (nSPS) is 19.6. The molecule has 2 rings (SSSR count). The van der Waals surface area contributed by atoms with Crippen molar-refractivity contribution in [2.75, 3.05) is 13.1 Å². The Morgan fingerprint density at radius 3 is 2.25 bits per heavy atom. The Bertz CT molecular complexity index is 428. The summed E-state index contributed by atoms with van der Waals surface area (Å²) in [6, 6.07) is 4.97. The molecular formula is C17H27FN2. The highest BCUT2D eigenvalue weighted by atomic mass is 19.1. The molecule has 2 nitrogen and oxygen atoms in total. The number of benzene rings is 1. The Hall–Kier alpha value is -0.930. The molecule has 0 bridgehead atoms. The van der Waals surface area contributed by atoms with Gasteiger partial charge in [-0.1, -0.05) is 18.9 Å². The Labute approximate surface area is 122 Å². The van der Waals surface area contributed by atoms with Gasteiger partial charge in [-0.25, -0.2) is 4.39 Å². The molecule has 1 aromatic rings. The van der Waals surface area contributed by atoms with Gasteiger partial charge in [-0.05, 0) is 70.0 Å². The molecule has 1 aliphatic rings. The first kappa shape index (κ1) is 15.5. The van der Waals surface area contributed by atoms with Gasteiger partial charge in [0, 0.05) is 11.6 Å². The van der Waals surface area contributed by atoms with Crippen molar-refractivity contribution in [2.45, 2.75) is 58.0 Å². The fourth-order valence-corrected chi connectivity index (χ4v) is 3.20. The lowest BCUT2D eigenvalue weighted by Gasteiger charge is -2.42. The van der Waals surface area contributed by atoms with Crippen LogP contribution in [-0.4, -0.2) is 23.5 Å². The third-order valence-corrected chi connectivity index (χ3v) is 4.61. The van der Waals surface area contributed by atoms with Crippen LogP contribution in [-0.2, 0) is 0 Å². The standard InChI is InChI=1S/C17H27FN2/c1-13-10-14(12-15(18)11-13)16(19)17(2,3)20-8-6-4-5-7-9-20/h10-12,16H,4-9,19H2,1-3H3. The molecule has 1 aliphatic heterocycles. The number of hydrogen-bond donors (Lipinski definition) is 1. The van der Waals surface area contributed by atoms with Crippen LogP contribution in [0.15, 0.2) is 18.2 Å². The number of nitrogens with two attached hydrogens (primary N) is 1. The van der Waals surface area contributed by atoms with Crippen molar-refractivity contribution in [1.29, 1.82) is 0 Å². The highest BCUT2D eigenvalue weighted by Crippen LogP contribution is 2.31. The lowest BCUT2D eigenvalue weighted by atomic mass is 9.86. The van der Waals surface area contributed by atoms with E-state index >= 15 is 0 Å². The zero-order valence-electron chi connectivity index (χ0n) is 13.0. The van der Waals surface area contributed by atoms with Crippen molar-refractivity contribution in [3.63, 3.8) is 0 Å². The summed E-state index contributed by atoms with van der Waals surface area (Å²) in [4.78, 5) is 2.48. The molecule has 0 amide bonds. The highest BCUT2D eigenvalue weighted by Gasteiger charge is 2.34. The fraction of sp³-hybridized carbons (Fsp3) is 0.647. The Morgan fingerprint density at radius 1 is 1.10 bits per heavy atom. The second kappa shape index (κ2) is 6.23. The Morgan fingerprint density at radius 2 is 1.70 bits per heavy atom. The molecule has 1 heterocycles. The van der Waals surface area contributed by atoms with E-state index in [9.17, 15) is 4.39 Å². The van der Waals surface area contributed by atoms with E-state index in [1.54, 1.807) is 12.1 Å². The lowest BCUT2D eigenvalue weighted by Crippen LogP contribution is -2.51. The number of nitrogens with zero attached hydrogens (tertiary/aromatic N) is 1. The molecule has 0 saturated carbocycles. The van der Waals surface area contributed by atoms with Gasteiger partial charge in [0.15, 0.2) is 0 Å². The van der Waals surface area contributed by atoms with E-state index in [1.165, 1.54) is 25.7 Å². The van der Waals surface area contributed by atoms with Crippen molar-refractivity contribution < 1.29 is 4.39 Å². The molecule has 0 aliphatic carbocycles. The zero-order valence-corrected chi connectivity index (χ0v) is 13.0. The summed E-state index contributed by atoms with van der Waals surface area (Å²) in [5.41, 5.74) is 8.17. The summed E-state index contributed by atoms with van der Waals surface area (Å²) in [7, 11) is 0. The summed E-state index contributed by atoms with van der Waals surface area (Å²) in [5.74, 6) is -0.192. The van der Waals surface area contributed by atoms with E-state index < -0.39 is 0 Å². The Kier molecular flexibility index (Phi) is 4.82. The van der Waals surface area contributed by atoms with Gasteiger partial charge in [-0.15, -0.1) is 0 Å². The molecule has 3 heteroatoms. The van der Waals surface area contributed by atoms with Gasteiger partial charge in [0.05, 0.1) is 0 Å². The molecule has 1 fully saturated rings. The van der Waals surface area contributed by atoms with Gasteiger partial charge in [-0.3, -0.25) is 4.90 Å². The van der Waals surface area contributed by atoms with E-state index in [0.29, 0.717) is 0 Å². The lowest BCUT2D eigenvalue weighted by molar-refractivity contribution is 0.0979. The third-order valence-electron chi connectivity index (χ3n) is 4.61. The van der Waals surface area contributed by atoms with Crippen molar-refractivity contribution >= 4 is 0 Å². The molecule has 0 aromatic heterocycles. The van der Waals surface area contributed by atoms with Gasteiger partial charge in [0.25, 0.3) is 0 Å². The Balaban J connectivity index is 2.22. The minimum atomic E-state index is -0.192. The van der Waals surface area contributed by atoms with Crippen molar-refractivity contribution in [2.24, 2.45) is 5.73 Å². The fourth-order valence-electron chi connectivity index (χ4n) is 3.20. The second-order valence-electron chi connectivity index (χ2n) is 6.59. The summed E-state index contributed by atoms with van der Waals surface area (Å²) in [5, 5.41) is 0. The van der Waals surface area contributed by atoms with Gasteiger partial charge < -0.3 is 5.73 Å². The SMILES string of the molecule is Cc1cc(F)cc(C(N)C(C)(C)N2CCCCCC2)c1. The van der Waals surface area contributed by atoms with Crippen LogP contribution in [0, 0.1) is 12.7 Å². The molecule has 1 aromatic carbocycles. The minimum absolute atomic E-state index is 0.148. The number of likely N-dealkylation sites (tertiary alicyclic amines) is 1. The van der Waals surface area contributed by atoms with E-state index in [0.717, 1.165) is 24.2 Å².